The van der Waals surface area contributed by atoms with E-state index in [1.165, 1.54) is 12.1 Å². The van der Waals surface area contributed by atoms with Crippen LogP contribution in [0.25, 0.3) is 0 Å². The number of ether oxygens (including phenoxy) is 2. The van der Waals surface area contributed by atoms with Crippen molar-refractivity contribution in [3.8, 4) is 0 Å². The number of hydrogen-bond donors (Lipinski definition) is 2. The number of primary sulfonamides is 1. The third-order valence-corrected chi connectivity index (χ3v) is 4.11. The van der Waals surface area contributed by atoms with Gasteiger partial charge in [-0.15, -0.1) is 0 Å². The van der Waals surface area contributed by atoms with Gasteiger partial charge in [-0.05, 0) is 30.5 Å². The average Bonchev–Trinajstić information content (AvgIpc) is 2.54. The number of carbonyl (C=O) groups is 1. The van der Waals surface area contributed by atoms with Crippen molar-refractivity contribution in [3.63, 3.8) is 0 Å². The van der Waals surface area contributed by atoms with Gasteiger partial charge in [-0.3, -0.25) is 4.79 Å². The van der Waals surface area contributed by atoms with Crippen molar-refractivity contribution in [2.75, 3.05) is 33.0 Å². The zero-order valence-electron chi connectivity index (χ0n) is 14.0. The Labute approximate surface area is 143 Å². The van der Waals surface area contributed by atoms with Crippen LogP contribution < -0.4 is 10.5 Å². The molecule has 0 heterocycles. The molecule has 0 spiro atoms. The predicted octanol–water partition coefficient (Wildman–Crippen LogP) is 0.826. The number of hydrogen-bond acceptors (Lipinski definition) is 5. The van der Waals surface area contributed by atoms with Crippen LogP contribution in [0.15, 0.2) is 29.2 Å². The van der Waals surface area contributed by atoms with E-state index in [0.717, 1.165) is 18.6 Å². The Bertz CT molecular complexity index is 587. The summed E-state index contributed by atoms with van der Waals surface area (Å²) in [5.41, 5.74) is 0.923. The van der Waals surface area contributed by atoms with Gasteiger partial charge >= 0.3 is 0 Å². The molecule has 1 rings (SSSR count). The van der Waals surface area contributed by atoms with Gasteiger partial charge in [-0.25, -0.2) is 13.6 Å². The highest BCUT2D eigenvalue weighted by Gasteiger charge is 2.07. The van der Waals surface area contributed by atoms with E-state index in [1.807, 2.05) is 6.92 Å². The molecule has 0 unspecified atom stereocenters. The first-order valence-corrected chi connectivity index (χ1v) is 9.52. The summed E-state index contributed by atoms with van der Waals surface area (Å²) in [6.45, 7) is 4.65. The number of rotatable bonds is 12. The van der Waals surface area contributed by atoms with Crippen molar-refractivity contribution < 1.29 is 22.7 Å². The second-order valence-corrected chi connectivity index (χ2v) is 6.83. The van der Waals surface area contributed by atoms with Gasteiger partial charge in [0, 0.05) is 19.6 Å². The number of carbonyl (C=O) groups excluding carboxylic acids is 1. The van der Waals surface area contributed by atoms with E-state index in [4.69, 9.17) is 14.6 Å². The molecular formula is C16H26N2O5S. The normalized spacial score (nSPS) is 11.4. The zero-order chi connectivity index (χ0) is 17.8. The summed E-state index contributed by atoms with van der Waals surface area (Å²) in [5.74, 6) is -0.0781. The molecule has 0 fully saturated rings. The molecule has 0 atom stereocenters. The molecule has 0 saturated heterocycles. The molecule has 7 nitrogen and oxygen atoms in total. The van der Waals surface area contributed by atoms with Crippen LogP contribution in [0.4, 0.5) is 0 Å². The van der Waals surface area contributed by atoms with Crippen LogP contribution in [0.2, 0.25) is 0 Å². The third-order valence-electron chi connectivity index (χ3n) is 3.18. The largest absolute Gasteiger partial charge is 0.379 e. The lowest BCUT2D eigenvalue weighted by Gasteiger charge is -2.07. The van der Waals surface area contributed by atoms with Gasteiger partial charge in [-0.1, -0.05) is 19.1 Å². The predicted molar refractivity (Wildman–Crippen MR) is 91.1 cm³/mol. The maximum absolute atomic E-state index is 11.6. The second kappa shape index (κ2) is 11.1. The second-order valence-electron chi connectivity index (χ2n) is 5.26. The fourth-order valence-corrected chi connectivity index (χ4v) is 2.43. The smallest absolute Gasteiger partial charge is 0.238 e. The monoisotopic (exact) mass is 358 g/mol. The molecule has 0 bridgehead atoms. The molecular weight excluding hydrogens is 332 g/mol. The van der Waals surface area contributed by atoms with Crippen LogP contribution in [0.1, 0.15) is 25.3 Å². The molecule has 0 aliphatic carbocycles. The third kappa shape index (κ3) is 8.97. The SMILES string of the molecule is CCCOCCOCCC(=O)NCCc1ccc(S(N)(=O)=O)cc1. The molecule has 8 heteroatoms. The first-order valence-electron chi connectivity index (χ1n) is 7.97. The van der Waals surface area contributed by atoms with E-state index in [9.17, 15) is 13.2 Å². The first kappa shape index (κ1) is 20.6. The Morgan fingerprint density at radius 2 is 1.71 bits per heavy atom. The number of sulfonamides is 1. The van der Waals surface area contributed by atoms with Gasteiger partial charge < -0.3 is 14.8 Å². The highest BCUT2D eigenvalue weighted by molar-refractivity contribution is 7.89. The molecule has 136 valence electrons. The van der Waals surface area contributed by atoms with Crippen molar-refractivity contribution >= 4 is 15.9 Å². The Hall–Kier alpha value is -1.48. The van der Waals surface area contributed by atoms with Crippen LogP contribution in [0.3, 0.4) is 0 Å². The van der Waals surface area contributed by atoms with Gasteiger partial charge in [0.1, 0.15) is 0 Å². The quantitative estimate of drug-likeness (QED) is 0.538. The number of nitrogens with two attached hydrogens (primary N) is 1. The van der Waals surface area contributed by atoms with Gasteiger partial charge in [0.25, 0.3) is 0 Å². The van der Waals surface area contributed by atoms with Crippen LogP contribution in [0.5, 0.6) is 0 Å². The Balaban J connectivity index is 2.13. The van der Waals surface area contributed by atoms with Crippen molar-refractivity contribution in [3.05, 3.63) is 29.8 Å². The minimum atomic E-state index is -3.67. The Morgan fingerprint density at radius 1 is 1.08 bits per heavy atom. The highest BCUT2D eigenvalue weighted by Crippen LogP contribution is 2.08. The maximum atomic E-state index is 11.6. The summed E-state index contributed by atoms with van der Waals surface area (Å²) in [6, 6.07) is 6.29. The molecule has 0 aliphatic rings. The van der Waals surface area contributed by atoms with E-state index in [1.54, 1.807) is 12.1 Å². The fraction of sp³-hybridized carbons (Fsp3) is 0.562. The molecule has 3 N–H and O–H groups in total. The molecule has 24 heavy (non-hydrogen) atoms. The summed E-state index contributed by atoms with van der Waals surface area (Å²) >= 11 is 0. The van der Waals surface area contributed by atoms with Crippen molar-refractivity contribution in [2.24, 2.45) is 5.14 Å². The van der Waals surface area contributed by atoms with Crippen LogP contribution >= 0.6 is 0 Å². The van der Waals surface area contributed by atoms with E-state index >= 15 is 0 Å². The Kier molecular flexibility index (Phi) is 9.55. The van der Waals surface area contributed by atoms with Crippen LogP contribution in [0, 0.1) is 0 Å². The number of nitrogens with one attached hydrogen (secondary N) is 1. The van der Waals surface area contributed by atoms with Gasteiger partial charge in [0.2, 0.25) is 15.9 Å². The molecule has 1 aromatic rings. The van der Waals surface area contributed by atoms with E-state index < -0.39 is 10.0 Å². The lowest BCUT2D eigenvalue weighted by atomic mass is 10.1. The minimum Gasteiger partial charge on any atom is -0.379 e. The lowest BCUT2D eigenvalue weighted by Crippen LogP contribution is -2.26. The standard InChI is InChI=1S/C16H26N2O5S/c1-2-10-22-12-13-23-11-8-16(19)18-9-7-14-3-5-15(6-4-14)24(17,20)21/h3-6H,2,7-13H2,1H3,(H,18,19)(H2,17,20,21). The summed E-state index contributed by atoms with van der Waals surface area (Å²) in [4.78, 5) is 11.7. The summed E-state index contributed by atoms with van der Waals surface area (Å²) in [6.07, 6.45) is 1.90. The summed E-state index contributed by atoms with van der Waals surface area (Å²) < 4.78 is 32.9. The van der Waals surface area contributed by atoms with Gasteiger partial charge in [0.05, 0.1) is 24.7 Å². The highest BCUT2D eigenvalue weighted by atomic mass is 32.2. The number of benzene rings is 1. The van der Waals surface area contributed by atoms with Crippen molar-refractivity contribution in [2.45, 2.75) is 31.1 Å². The minimum absolute atomic E-state index is 0.0781. The van der Waals surface area contributed by atoms with E-state index in [0.29, 0.717) is 39.2 Å². The van der Waals surface area contributed by atoms with Gasteiger partial charge in [-0.2, -0.15) is 0 Å². The van der Waals surface area contributed by atoms with Gasteiger partial charge in [0.15, 0.2) is 0 Å². The zero-order valence-corrected chi connectivity index (χ0v) is 14.8. The van der Waals surface area contributed by atoms with Crippen LogP contribution in [-0.2, 0) is 30.7 Å². The average molecular weight is 358 g/mol. The maximum Gasteiger partial charge on any atom is 0.238 e. The topological polar surface area (TPSA) is 108 Å². The number of amides is 1. The molecule has 0 aliphatic heterocycles. The lowest BCUT2D eigenvalue weighted by molar-refractivity contribution is -0.122. The Morgan fingerprint density at radius 3 is 2.29 bits per heavy atom. The summed E-state index contributed by atoms with van der Waals surface area (Å²) in [5, 5.41) is 7.83. The summed E-state index contributed by atoms with van der Waals surface area (Å²) in [7, 11) is -3.67. The molecule has 0 radical (unpaired) electrons. The molecule has 0 aromatic heterocycles. The molecule has 1 amide bonds. The van der Waals surface area contributed by atoms with Crippen molar-refractivity contribution in [1.82, 2.24) is 5.32 Å². The fourth-order valence-electron chi connectivity index (χ4n) is 1.91. The first-order chi connectivity index (χ1) is 11.4. The van der Waals surface area contributed by atoms with E-state index in [2.05, 4.69) is 5.32 Å². The van der Waals surface area contributed by atoms with Crippen molar-refractivity contribution in [1.29, 1.82) is 0 Å². The molecule has 1 aromatic carbocycles. The molecule has 0 saturated carbocycles. The van der Waals surface area contributed by atoms with Crippen LogP contribution in [-0.4, -0.2) is 47.3 Å². The van der Waals surface area contributed by atoms with E-state index in [-0.39, 0.29) is 10.8 Å².